The van der Waals surface area contributed by atoms with Crippen LogP contribution in [0.2, 0.25) is 0 Å². The van der Waals surface area contributed by atoms with Crippen molar-refractivity contribution in [3.63, 3.8) is 0 Å². The first-order valence-electron chi connectivity index (χ1n) is 4.40. The Morgan fingerprint density at radius 3 is 3.00 bits per heavy atom. The summed E-state index contributed by atoms with van der Waals surface area (Å²) in [6.45, 7) is 0. The second kappa shape index (κ2) is 4.03. The summed E-state index contributed by atoms with van der Waals surface area (Å²) < 4.78 is 1.05. The van der Waals surface area contributed by atoms with Crippen molar-refractivity contribution in [2.75, 3.05) is 5.32 Å². The molecular formula is C10H9Br2NO. The van der Waals surface area contributed by atoms with Gasteiger partial charge in [0.15, 0.2) is 0 Å². The summed E-state index contributed by atoms with van der Waals surface area (Å²) in [4.78, 5) is 11.4. The highest BCUT2D eigenvalue weighted by Gasteiger charge is 2.20. The zero-order valence-electron chi connectivity index (χ0n) is 7.39. The summed E-state index contributed by atoms with van der Waals surface area (Å²) in [5.74, 6) is 0.0473. The summed E-state index contributed by atoms with van der Waals surface area (Å²) in [6, 6.07) is 5.93. The molecule has 1 aromatic rings. The van der Waals surface area contributed by atoms with E-state index in [0.717, 1.165) is 23.0 Å². The Hall–Kier alpha value is -0.350. The number of carbonyl (C=O) groups excluding carboxylic acids is 1. The van der Waals surface area contributed by atoms with Gasteiger partial charge in [-0.1, -0.05) is 31.9 Å². The van der Waals surface area contributed by atoms with Crippen molar-refractivity contribution in [2.45, 2.75) is 17.7 Å². The topological polar surface area (TPSA) is 29.1 Å². The minimum absolute atomic E-state index is 0.0473. The normalized spacial score (nSPS) is 21.0. The fraction of sp³-hybridized carbons (Fsp3) is 0.300. The van der Waals surface area contributed by atoms with Crippen molar-refractivity contribution in [3.8, 4) is 0 Å². The van der Waals surface area contributed by atoms with E-state index in [2.05, 4.69) is 43.2 Å². The zero-order chi connectivity index (χ0) is 10.1. The highest BCUT2D eigenvalue weighted by Crippen LogP contribution is 2.27. The Morgan fingerprint density at radius 1 is 1.43 bits per heavy atom. The molecule has 0 unspecified atom stereocenters. The number of hydrogen-bond donors (Lipinski definition) is 1. The average molecular weight is 319 g/mol. The summed E-state index contributed by atoms with van der Waals surface area (Å²) >= 11 is 6.78. The van der Waals surface area contributed by atoms with Crippen LogP contribution in [0.1, 0.15) is 12.0 Å². The molecule has 0 saturated carbocycles. The largest absolute Gasteiger partial charge is 0.325 e. The van der Waals surface area contributed by atoms with Gasteiger partial charge in [-0.2, -0.15) is 0 Å². The summed E-state index contributed by atoms with van der Waals surface area (Å²) in [6.07, 6.45) is 1.76. The molecule has 4 heteroatoms. The average Bonchev–Trinajstić information content (AvgIpc) is 2.29. The zero-order valence-corrected chi connectivity index (χ0v) is 10.6. The van der Waals surface area contributed by atoms with Crippen LogP contribution in [-0.2, 0) is 11.2 Å². The molecule has 0 bridgehead atoms. The maximum atomic E-state index is 11.5. The summed E-state index contributed by atoms with van der Waals surface area (Å²) in [5, 5.41) is 2.89. The number of nitrogens with one attached hydrogen (secondary N) is 1. The maximum absolute atomic E-state index is 11.5. The van der Waals surface area contributed by atoms with Crippen LogP contribution < -0.4 is 5.32 Å². The molecule has 1 aliphatic heterocycles. The molecule has 1 N–H and O–H groups in total. The van der Waals surface area contributed by atoms with Gasteiger partial charge in [-0.3, -0.25) is 4.79 Å². The third-order valence-corrected chi connectivity index (χ3v) is 3.64. The Morgan fingerprint density at radius 2 is 2.21 bits per heavy atom. The van der Waals surface area contributed by atoms with Crippen molar-refractivity contribution in [2.24, 2.45) is 0 Å². The molecule has 0 fully saturated rings. The van der Waals surface area contributed by atoms with E-state index in [1.54, 1.807) is 0 Å². The molecule has 1 atom stereocenters. The van der Waals surface area contributed by atoms with Crippen LogP contribution in [0.3, 0.4) is 0 Å². The van der Waals surface area contributed by atoms with Crippen LogP contribution in [0, 0.1) is 0 Å². The second-order valence-electron chi connectivity index (χ2n) is 3.30. The molecule has 1 heterocycles. The molecule has 0 saturated heterocycles. The van der Waals surface area contributed by atoms with Crippen molar-refractivity contribution in [1.82, 2.24) is 0 Å². The predicted octanol–water partition coefficient (Wildman–Crippen LogP) is 3.10. The fourth-order valence-electron chi connectivity index (χ4n) is 1.52. The molecule has 0 aliphatic carbocycles. The van der Waals surface area contributed by atoms with Crippen LogP contribution in [0.5, 0.6) is 0 Å². The quantitative estimate of drug-likeness (QED) is 0.732. The first kappa shape index (κ1) is 10.2. The molecule has 2 rings (SSSR count). The lowest BCUT2D eigenvalue weighted by atomic mass is 10.1. The molecular weight excluding hydrogens is 310 g/mol. The highest BCUT2D eigenvalue weighted by molar-refractivity contribution is 9.10. The van der Waals surface area contributed by atoms with E-state index in [1.807, 2.05) is 12.1 Å². The smallest absolute Gasteiger partial charge is 0.238 e. The van der Waals surface area contributed by atoms with E-state index >= 15 is 0 Å². The van der Waals surface area contributed by atoms with Crippen LogP contribution in [0.25, 0.3) is 0 Å². The molecule has 1 aromatic carbocycles. The van der Waals surface area contributed by atoms with Gasteiger partial charge in [0.2, 0.25) is 5.91 Å². The van der Waals surface area contributed by atoms with Crippen molar-refractivity contribution < 1.29 is 4.79 Å². The highest BCUT2D eigenvalue weighted by atomic mass is 79.9. The first-order chi connectivity index (χ1) is 6.66. The van der Waals surface area contributed by atoms with E-state index in [-0.39, 0.29) is 10.7 Å². The molecule has 0 aromatic heterocycles. The van der Waals surface area contributed by atoms with E-state index in [0.29, 0.717) is 0 Å². The van der Waals surface area contributed by atoms with Gasteiger partial charge in [-0.15, -0.1) is 0 Å². The third kappa shape index (κ3) is 2.01. The molecule has 14 heavy (non-hydrogen) atoms. The number of benzene rings is 1. The standard InChI is InChI=1S/C10H9Br2NO/c11-7-2-4-9-6(5-7)1-3-8(12)10(14)13-9/h2,4-5,8H,1,3H2,(H,13,14)/t8-/m0/s1. The Bertz CT molecular complexity index is 378. The Balaban J connectivity index is 2.37. The number of fused-ring (bicyclic) bond motifs is 1. The van der Waals surface area contributed by atoms with E-state index in [9.17, 15) is 4.79 Å². The van der Waals surface area contributed by atoms with Crippen LogP contribution in [-0.4, -0.2) is 10.7 Å². The SMILES string of the molecule is O=C1Nc2ccc(Br)cc2CC[C@@H]1Br. The third-order valence-electron chi connectivity index (χ3n) is 2.28. The lowest BCUT2D eigenvalue weighted by Crippen LogP contribution is -2.20. The number of carbonyl (C=O) groups is 1. The predicted molar refractivity (Wildman–Crippen MR) is 63.8 cm³/mol. The number of anilines is 1. The van der Waals surface area contributed by atoms with E-state index in [1.165, 1.54) is 5.56 Å². The number of alkyl halides is 1. The van der Waals surface area contributed by atoms with Crippen molar-refractivity contribution >= 4 is 43.5 Å². The van der Waals surface area contributed by atoms with Crippen LogP contribution in [0.4, 0.5) is 5.69 Å². The number of hydrogen-bond acceptors (Lipinski definition) is 1. The summed E-state index contributed by atoms with van der Waals surface area (Å²) in [7, 11) is 0. The van der Waals surface area contributed by atoms with Crippen molar-refractivity contribution in [1.29, 1.82) is 0 Å². The second-order valence-corrected chi connectivity index (χ2v) is 5.32. The summed E-state index contributed by atoms with van der Waals surface area (Å²) in [5.41, 5.74) is 2.12. The maximum Gasteiger partial charge on any atom is 0.238 e. The van der Waals surface area contributed by atoms with Crippen LogP contribution in [0.15, 0.2) is 22.7 Å². The van der Waals surface area contributed by atoms with Gasteiger partial charge >= 0.3 is 0 Å². The minimum atomic E-state index is -0.0753. The number of amides is 1. The van der Waals surface area contributed by atoms with Gasteiger partial charge in [-0.25, -0.2) is 0 Å². The number of halogens is 2. The molecule has 0 radical (unpaired) electrons. The van der Waals surface area contributed by atoms with Gasteiger partial charge in [0.05, 0.1) is 4.83 Å². The number of rotatable bonds is 0. The van der Waals surface area contributed by atoms with Gasteiger partial charge in [0.1, 0.15) is 0 Å². The molecule has 0 spiro atoms. The van der Waals surface area contributed by atoms with Crippen molar-refractivity contribution in [3.05, 3.63) is 28.2 Å². The Labute approximate surface area is 99.3 Å². The fourth-order valence-corrected chi connectivity index (χ4v) is 2.27. The monoisotopic (exact) mass is 317 g/mol. The Kier molecular flexibility index (Phi) is 2.93. The first-order valence-corrected chi connectivity index (χ1v) is 6.11. The van der Waals surface area contributed by atoms with Gasteiger partial charge in [0, 0.05) is 10.2 Å². The lowest BCUT2D eigenvalue weighted by molar-refractivity contribution is -0.115. The van der Waals surface area contributed by atoms with Gasteiger partial charge in [-0.05, 0) is 36.6 Å². The minimum Gasteiger partial charge on any atom is -0.325 e. The van der Waals surface area contributed by atoms with E-state index in [4.69, 9.17) is 0 Å². The van der Waals surface area contributed by atoms with Crippen LogP contribution >= 0.6 is 31.9 Å². The van der Waals surface area contributed by atoms with Gasteiger partial charge in [0.25, 0.3) is 0 Å². The molecule has 74 valence electrons. The van der Waals surface area contributed by atoms with E-state index < -0.39 is 0 Å². The molecule has 2 nitrogen and oxygen atoms in total. The van der Waals surface area contributed by atoms with Gasteiger partial charge < -0.3 is 5.32 Å². The molecule has 1 aliphatic rings. The lowest BCUT2D eigenvalue weighted by Gasteiger charge is -2.06. The number of aryl methyl sites for hydroxylation is 1. The molecule has 1 amide bonds.